The van der Waals surface area contributed by atoms with Crippen molar-refractivity contribution in [3.05, 3.63) is 23.8 Å². The van der Waals surface area contributed by atoms with Crippen molar-refractivity contribution in [3.63, 3.8) is 0 Å². The molecule has 4 heteroatoms. The van der Waals surface area contributed by atoms with Gasteiger partial charge in [0.1, 0.15) is 17.1 Å². The molecule has 0 aromatic heterocycles. The second-order valence-corrected chi connectivity index (χ2v) is 6.00. The van der Waals surface area contributed by atoms with Crippen LogP contribution in [0.4, 0.5) is 0 Å². The molecule has 0 radical (unpaired) electrons. The Kier molecular flexibility index (Phi) is 3.61. The van der Waals surface area contributed by atoms with Gasteiger partial charge in [-0.2, -0.15) is 0 Å². The van der Waals surface area contributed by atoms with Crippen LogP contribution in [-0.4, -0.2) is 37.2 Å². The van der Waals surface area contributed by atoms with Crippen LogP contribution in [0.2, 0.25) is 0 Å². The number of rotatable bonds is 2. The molecule has 3 rings (SSSR count). The number of ether oxygens (including phenoxy) is 2. The van der Waals surface area contributed by atoms with Gasteiger partial charge in [-0.15, -0.1) is 0 Å². The predicted molar refractivity (Wildman–Crippen MR) is 79.2 cm³/mol. The first-order valence-electron chi connectivity index (χ1n) is 7.52. The van der Waals surface area contributed by atoms with Crippen LogP contribution in [0.1, 0.15) is 37.8 Å². The third-order valence-electron chi connectivity index (χ3n) is 4.51. The van der Waals surface area contributed by atoms with Gasteiger partial charge in [-0.25, -0.2) is 0 Å². The molecule has 0 aliphatic carbocycles. The summed E-state index contributed by atoms with van der Waals surface area (Å²) in [4.78, 5) is 2.35. The zero-order valence-corrected chi connectivity index (χ0v) is 12.4. The molecule has 0 amide bonds. The van der Waals surface area contributed by atoms with Gasteiger partial charge in [0.05, 0.1) is 12.2 Å². The lowest BCUT2D eigenvalue weighted by atomic mass is 9.81. The Balaban J connectivity index is 1.90. The number of piperidine rings is 1. The maximum Gasteiger partial charge on any atom is 0.128 e. The van der Waals surface area contributed by atoms with Gasteiger partial charge in [-0.3, -0.25) is 0 Å². The Hall–Kier alpha value is -1.26. The summed E-state index contributed by atoms with van der Waals surface area (Å²) in [6.45, 7) is 4.80. The zero-order chi connectivity index (χ0) is 14.2. The van der Waals surface area contributed by atoms with Gasteiger partial charge in [0.25, 0.3) is 0 Å². The standard InChI is InChI=1S/C16H24N2O2/c1-3-19-13-5-4-6-14-15(13)12(17)11-16(20-14)7-9-18(2)10-8-16/h4-6,12H,3,7-11,17H2,1-2H3. The smallest absolute Gasteiger partial charge is 0.128 e. The molecule has 4 nitrogen and oxygen atoms in total. The monoisotopic (exact) mass is 276 g/mol. The molecule has 2 aliphatic heterocycles. The molecule has 1 fully saturated rings. The van der Waals surface area contributed by atoms with E-state index < -0.39 is 0 Å². The maximum atomic E-state index is 6.44. The maximum absolute atomic E-state index is 6.44. The van der Waals surface area contributed by atoms with E-state index in [4.69, 9.17) is 15.2 Å². The zero-order valence-electron chi connectivity index (χ0n) is 12.4. The van der Waals surface area contributed by atoms with Gasteiger partial charge in [-0.1, -0.05) is 6.07 Å². The van der Waals surface area contributed by atoms with Gasteiger partial charge in [0.2, 0.25) is 0 Å². The van der Waals surface area contributed by atoms with Crippen LogP contribution in [0.3, 0.4) is 0 Å². The van der Waals surface area contributed by atoms with E-state index in [1.165, 1.54) is 0 Å². The average molecular weight is 276 g/mol. The molecule has 1 aromatic carbocycles. The fraction of sp³-hybridized carbons (Fsp3) is 0.625. The van der Waals surface area contributed by atoms with Crippen molar-refractivity contribution in [1.29, 1.82) is 0 Å². The minimum Gasteiger partial charge on any atom is -0.493 e. The highest BCUT2D eigenvalue weighted by atomic mass is 16.5. The summed E-state index contributed by atoms with van der Waals surface area (Å²) in [7, 11) is 2.16. The largest absolute Gasteiger partial charge is 0.493 e. The minimum atomic E-state index is -0.0796. The number of fused-ring (bicyclic) bond motifs is 1. The molecule has 2 N–H and O–H groups in total. The van der Waals surface area contributed by atoms with Crippen LogP contribution >= 0.6 is 0 Å². The van der Waals surface area contributed by atoms with E-state index in [1.807, 2.05) is 25.1 Å². The van der Waals surface area contributed by atoms with Crippen molar-refractivity contribution in [1.82, 2.24) is 4.90 Å². The van der Waals surface area contributed by atoms with Gasteiger partial charge in [0, 0.05) is 25.6 Å². The molecule has 1 aromatic rings. The Labute approximate surface area is 120 Å². The lowest BCUT2D eigenvalue weighted by Gasteiger charge is -2.45. The molecule has 1 atom stereocenters. The van der Waals surface area contributed by atoms with Gasteiger partial charge >= 0.3 is 0 Å². The quantitative estimate of drug-likeness (QED) is 0.900. The van der Waals surface area contributed by atoms with Gasteiger partial charge < -0.3 is 20.1 Å². The summed E-state index contributed by atoms with van der Waals surface area (Å²) >= 11 is 0. The molecule has 20 heavy (non-hydrogen) atoms. The van der Waals surface area contributed by atoms with Gasteiger partial charge in [0.15, 0.2) is 0 Å². The highest BCUT2D eigenvalue weighted by molar-refractivity contribution is 5.48. The summed E-state index contributed by atoms with van der Waals surface area (Å²) in [5.41, 5.74) is 7.41. The molecule has 2 aliphatic rings. The molecule has 2 heterocycles. The average Bonchev–Trinajstić information content (AvgIpc) is 2.43. The first-order valence-corrected chi connectivity index (χ1v) is 7.52. The third-order valence-corrected chi connectivity index (χ3v) is 4.51. The lowest BCUT2D eigenvalue weighted by molar-refractivity contribution is -0.0170. The van der Waals surface area contributed by atoms with Crippen molar-refractivity contribution in [2.75, 3.05) is 26.7 Å². The summed E-state index contributed by atoms with van der Waals surface area (Å²) < 4.78 is 12.1. The van der Waals surface area contributed by atoms with Crippen molar-refractivity contribution in [2.24, 2.45) is 5.73 Å². The second kappa shape index (κ2) is 5.26. The molecular formula is C16H24N2O2. The molecule has 0 saturated carbocycles. The molecular weight excluding hydrogens is 252 g/mol. The molecule has 110 valence electrons. The summed E-state index contributed by atoms with van der Waals surface area (Å²) in [6.07, 6.45) is 2.99. The number of benzene rings is 1. The van der Waals surface area contributed by atoms with E-state index in [2.05, 4.69) is 11.9 Å². The first kappa shape index (κ1) is 13.7. The number of nitrogens with two attached hydrogens (primary N) is 1. The number of hydrogen-bond acceptors (Lipinski definition) is 4. The van der Waals surface area contributed by atoms with Crippen LogP contribution in [0.25, 0.3) is 0 Å². The molecule has 1 spiro atoms. The second-order valence-electron chi connectivity index (χ2n) is 6.00. The van der Waals surface area contributed by atoms with Crippen LogP contribution in [0, 0.1) is 0 Å². The Morgan fingerprint density at radius 2 is 2.15 bits per heavy atom. The predicted octanol–water partition coefficient (Wildman–Crippen LogP) is 2.33. The van der Waals surface area contributed by atoms with Crippen LogP contribution in [0.15, 0.2) is 18.2 Å². The van der Waals surface area contributed by atoms with Crippen LogP contribution in [0.5, 0.6) is 11.5 Å². The number of nitrogens with zero attached hydrogens (tertiary/aromatic N) is 1. The van der Waals surface area contributed by atoms with E-state index in [9.17, 15) is 0 Å². The highest BCUT2D eigenvalue weighted by Crippen LogP contribution is 2.46. The van der Waals surface area contributed by atoms with Crippen molar-refractivity contribution in [3.8, 4) is 11.5 Å². The SMILES string of the molecule is CCOc1cccc2c1C(N)CC1(CCN(C)CC1)O2. The van der Waals surface area contributed by atoms with Crippen LogP contribution in [-0.2, 0) is 0 Å². The fourth-order valence-electron chi connectivity index (χ4n) is 3.37. The van der Waals surface area contributed by atoms with E-state index in [0.29, 0.717) is 6.61 Å². The van der Waals surface area contributed by atoms with Crippen molar-refractivity contribution < 1.29 is 9.47 Å². The fourth-order valence-corrected chi connectivity index (χ4v) is 3.37. The summed E-state index contributed by atoms with van der Waals surface area (Å²) in [6, 6.07) is 6.00. The molecule has 1 saturated heterocycles. The van der Waals surface area contributed by atoms with Gasteiger partial charge in [-0.05, 0) is 38.9 Å². The summed E-state index contributed by atoms with van der Waals surface area (Å²) in [5.74, 6) is 1.79. The molecule has 1 unspecified atom stereocenters. The highest BCUT2D eigenvalue weighted by Gasteiger charge is 2.42. The van der Waals surface area contributed by atoms with E-state index in [-0.39, 0.29) is 11.6 Å². The Morgan fingerprint density at radius 3 is 2.85 bits per heavy atom. The van der Waals surface area contributed by atoms with Crippen LogP contribution < -0.4 is 15.2 Å². The van der Waals surface area contributed by atoms with Crippen molar-refractivity contribution >= 4 is 0 Å². The minimum absolute atomic E-state index is 0.00454. The lowest BCUT2D eigenvalue weighted by Crippen LogP contribution is -2.50. The topological polar surface area (TPSA) is 47.7 Å². The van der Waals surface area contributed by atoms with Crippen molar-refractivity contribution in [2.45, 2.75) is 37.8 Å². The first-order chi connectivity index (χ1) is 9.63. The summed E-state index contributed by atoms with van der Waals surface area (Å²) in [5, 5.41) is 0. The number of likely N-dealkylation sites (tertiary alicyclic amines) is 1. The molecule has 0 bridgehead atoms. The Morgan fingerprint density at radius 1 is 1.40 bits per heavy atom. The van der Waals surface area contributed by atoms with E-state index in [1.54, 1.807) is 0 Å². The normalized spacial score (nSPS) is 25.1. The third kappa shape index (κ3) is 2.38. The van der Waals surface area contributed by atoms with E-state index in [0.717, 1.165) is 49.4 Å². The number of hydrogen-bond donors (Lipinski definition) is 1. The Bertz CT molecular complexity index is 481. The van der Waals surface area contributed by atoms with E-state index >= 15 is 0 Å².